The maximum Gasteiger partial charge on any atom is 1.00 e. The number of hydrogen-bond donors (Lipinski definition) is 0. The van der Waals surface area contributed by atoms with Crippen molar-refractivity contribution in [1.29, 1.82) is 0 Å². The summed E-state index contributed by atoms with van der Waals surface area (Å²) < 4.78 is 0. The molecule has 0 atom stereocenters. The number of rotatable bonds is 3. The summed E-state index contributed by atoms with van der Waals surface area (Å²) in [5, 5.41) is 21.7. The van der Waals surface area contributed by atoms with E-state index in [1.54, 1.807) is 24.3 Å². The van der Waals surface area contributed by atoms with E-state index >= 15 is 0 Å². The molecule has 0 spiro atoms. The Bertz CT molecular complexity index is 224. The van der Waals surface area contributed by atoms with Gasteiger partial charge in [0.25, 0.3) is 0 Å². The average molecular weight is 269 g/mol. The smallest absolute Gasteiger partial charge is 0.226 e. The normalized spacial score (nSPS) is 10.2. The van der Waals surface area contributed by atoms with E-state index in [1.807, 2.05) is 6.07 Å². The topological polar surface area (TPSA) is 39.8 Å². The van der Waals surface area contributed by atoms with Crippen LogP contribution in [0.15, 0.2) is 30.3 Å². The fraction of sp³-hybridized carbons (Fsp3) is 0.100. The minimum absolute atomic E-state index is 0. The van der Waals surface area contributed by atoms with Crippen molar-refractivity contribution in [2.45, 2.75) is 6.92 Å². The van der Waals surface area contributed by atoms with Gasteiger partial charge in [-0.1, -0.05) is 30.3 Å². The molecule has 0 saturated carbocycles. The Morgan fingerprint density at radius 2 is 1.69 bits per heavy atom. The van der Waals surface area contributed by atoms with E-state index in [9.17, 15) is 10.2 Å². The molecule has 0 bridgehead atoms. The van der Waals surface area contributed by atoms with Crippen LogP contribution < -0.4 is 0 Å². The van der Waals surface area contributed by atoms with Crippen LogP contribution in [0.2, 0.25) is 0 Å². The molecule has 0 unspecified atom stereocenters. The van der Waals surface area contributed by atoms with E-state index in [4.69, 9.17) is 0 Å². The van der Waals surface area contributed by atoms with E-state index in [2.05, 4.69) is 0 Å². The Labute approximate surface area is 94.1 Å². The predicted octanol–water partition coefficient (Wildman–Crippen LogP) is 2.18. The zero-order valence-corrected chi connectivity index (χ0v) is 8.56. The van der Waals surface area contributed by atoms with E-state index in [-0.39, 0.29) is 34.6 Å². The van der Waals surface area contributed by atoms with Crippen LogP contribution in [0.5, 0.6) is 0 Å². The molecule has 13 heavy (non-hydrogen) atoms. The molecule has 1 aromatic rings. The van der Waals surface area contributed by atoms with Crippen LogP contribution in [-0.4, -0.2) is 0 Å². The van der Waals surface area contributed by atoms with Gasteiger partial charge in [0, 0.05) is 6.42 Å². The molecular weight excluding hydrogens is 260 g/mol. The first-order valence-corrected chi connectivity index (χ1v) is 3.65. The molecule has 0 amide bonds. The van der Waals surface area contributed by atoms with Gasteiger partial charge in [0.05, 0.1) is 0 Å². The molecule has 2 nitrogen and oxygen atoms in total. The second-order valence-electron chi connectivity index (χ2n) is 2.49. The summed E-state index contributed by atoms with van der Waals surface area (Å²) in [6.45, 7) is 1.36. The standard InChI is InChI=1S/C10H9O2.Ag/c1-8(11)7-10(12)9-5-3-2-4-6-9;/h2-7H,1H3;/q;+1. The predicted molar refractivity (Wildman–Crippen MR) is 43.4 cm³/mol. The van der Waals surface area contributed by atoms with Crippen molar-refractivity contribution in [3.8, 4) is 0 Å². The summed E-state index contributed by atoms with van der Waals surface area (Å²) in [7, 11) is 0. The SMILES string of the molecule is C[C]([O])[CH][C]([O])c1ccccc1.[Ag+]. The fourth-order valence-electron chi connectivity index (χ4n) is 0.870. The summed E-state index contributed by atoms with van der Waals surface area (Å²) in [4.78, 5) is 0. The number of hydrogen-bond acceptors (Lipinski definition) is 0. The van der Waals surface area contributed by atoms with E-state index in [0.29, 0.717) is 5.56 Å². The molecule has 1 rings (SSSR count). The molecule has 0 aromatic heterocycles. The molecule has 0 N–H and O–H groups in total. The second kappa shape index (κ2) is 6.35. The van der Waals surface area contributed by atoms with Gasteiger partial charge < -0.3 is 0 Å². The molecule has 1 aromatic carbocycles. The number of benzene rings is 1. The quantitative estimate of drug-likeness (QED) is 0.754. The third-order valence-corrected chi connectivity index (χ3v) is 1.39. The van der Waals surface area contributed by atoms with Crippen molar-refractivity contribution in [3.05, 3.63) is 54.5 Å². The maximum absolute atomic E-state index is 11.2. The third kappa shape index (κ3) is 4.60. The van der Waals surface area contributed by atoms with Crippen LogP contribution >= 0.6 is 0 Å². The molecule has 0 heterocycles. The fourth-order valence-corrected chi connectivity index (χ4v) is 0.870. The van der Waals surface area contributed by atoms with Gasteiger partial charge >= 0.3 is 22.4 Å². The first-order chi connectivity index (χ1) is 5.70. The maximum atomic E-state index is 11.2. The first-order valence-electron chi connectivity index (χ1n) is 3.65. The van der Waals surface area contributed by atoms with Crippen LogP contribution in [0.1, 0.15) is 12.5 Å². The van der Waals surface area contributed by atoms with Gasteiger partial charge in [-0.25, -0.2) is 10.2 Å². The van der Waals surface area contributed by atoms with Crippen LogP contribution in [0, 0.1) is 18.6 Å². The summed E-state index contributed by atoms with van der Waals surface area (Å²) in [6.07, 6.45) is 0.641. The minimum Gasteiger partial charge on any atom is -0.226 e. The van der Waals surface area contributed by atoms with Crippen molar-refractivity contribution in [3.63, 3.8) is 0 Å². The van der Waals surface area contributed by atoms with E-state index in [0.717, 1.165) is 6.42 Å². The van der Waals surface area contributed by atoms with Crippen molar-refractivity contribution in [2.75, 3.05) is 0 Å². The van der Waals surface area contributed by atoms with Gasteiger partial charge in [0.1, 0.15) is 6.10 Å². The molecule has 71 valence electrons. The van der Waals surface area contributed by atoms with E-state index < -0.39 is 0 Å². The largest absolute Gasteiger partial charge is 1.00 e. The zero-order valence-electron chi connectivity index (χ0n) is 7.08. The summed E-state index contributed by atoms with van der Waals surface area (Å²) in [6, 6.07) is 8.72. The van der Waals surface area contributed by atoms with Crippen molar-refractivity contribution in [2.24, 2.45) is 0 Å². The van der Waals surface area contributed by atoms with Crippen LogP contribution in [0.3, 0.4) is 0 Å². The molecule has 0 aliphatic carbocycles. The van der Waals surface area contributed by atoms with Gasteiger partial charge in [-0.15, -0.1) is 0 Å². The Morgan fingerprint density at radius 1 is 1.15 bits per heavy atom. The van der Waals surface area contributed by atoms with Crippen LogP contribution in [0.25, 0.3) is 0 Å². The molecular formula is C10H9AgO2+. The zero-order chi connectivity index (χ0) is 8.97. The van der Waals surface area contributed by atoms with Gasteiger partial charge in [0.2, 0.25) is 0 Å². The van der Waals surface area contributed by atoms with Crippen molar-refractivity contribution in [1.82, 2.24) is 0 Å². The average Bonchev–Trinajstić information content (AvgIpc) is 2.05. The van der Waals surface area contributed by atoms with Crippen molar-refractivity contribution < 1.29 is 32.6 Å². The Kier molecular flexibility index (Phi) is 6.29. The molecule has 5 radical (unpaired) electrons. The Hall–Kier alpha value is -0.120. The van der Waals surface area contributed by atoms with Crippen molar-refractivity contribution >= 4 is 0 Å². The van der Waals surface area contributed by atoms with Crippen LogP contribution in [0.4, 0.5) is 0 Å². The molecule has 0 fully saturated rings. The van der Waals surface area contributed by atoms with Gasteiger partial charge in [-0.2, -0.15) is 0 Å². The van der Waals surface area contributed by atoms with E-state index in [1.165, 1.54) is 6.92 Å². The Morgan fingerprint density at radius 3 is 2.15 bits per heavy atom. The summed E-state index contributed by atoms with van der Waals surface area (Å²) in [5.41, 5.74) is 0.549. The van der Waals surface area contributed by atoms with Gasteiger partial charge in [-0.05, 0) is 12.5 Å². The molecule has 0 saturated heterocycles. The minimum atomic E-state index is -0.233. The summed E-state index contributed by atoms with van der Waals surface area (Å²) in [5.74, 6) is 0. The molecule has 0 aliphatic rings. The molecule has 3 heteroatoms. The third-order valence-electron chi connectivity index (χ3n) is 1.39. The molecule has 0 aliphatic heterocycles. The summed E-state index contributed by atoms with van der Waals surface area (Å²) >= 11 is 0. The van der Waals surface area contributed by atoms with Crippen LogP contribution in [-0.2, 0) is 32.6 Å². The monoisotopic (exact) mass is 268 g/mol. The van der Waals surface area contributed by atoms with Gasteiger partial charge in [-0.3, -0.25) is 0 Å². The van der Waals surface area contributed by atoms with Gasteiger partial charge in [0.15, 0.2) is 6.10 Å². The first kappa shape index (κ1) is 12.9. The second-order valence-corrected chi connectivity index (χ2v) is 2.49. The Balaban J connectivity index is 0.00000144.